The van der Waals surface area contributed by atoms with Crippen molar-refractivity contribution in [3.63, 3.8) is 0 Å². The Kier molecular flexibility index (Phi) is 4.85. The largest absolute Gasteiger partial charge is 0.324 e. The molecule has 0 spiro atoms. The van der Waals surface area contributed by atoms with Crippen molar-refractivity contribution in [2.45, 2.75) is 64.2 Å². The van der Waals surface area contributed by atoms with E-state index in [9.17, 15) is 4.79 Å². The normalized spacial score (nSPS) is 30.6. The van der Waals surface area contributed by atoms with Crippen LogP contribution in [0.25, 0.3) is 0 Å². The van der Waals surface area contributed by atoms with Gasteiger partial charge in [-0.2, -0.15) is 0 Å². The third-order valence-corrected chi connectivity index (χ3v) is 4.89. The van der Waals surface area contributed by atoms with Crippen LogP contribution in [0.4, 0.5) is 0 Å². The van der Waals surface area contributed by atoms with Gasteiger partial charge in [-0.25, -0.2) is 0 Å². The van der Waals surface area contributed by atoms with Crippen LogP contribution in [-0.4, -0.2) is 54.6 Å². The van der Waals surface area contributed by atoms with Crippen molar-refractivity contribution < 1.29 is 4.79 Å². The van der Waals surface area contributed by atoms with Crippen LogP contribution in [0.15, 0.2) is 0 Å². The summed E-state index contributed by atoms with van der Waals surface area (Å²) in [5, 5.41) is 3.58. The van der Waals surface area contributed by atoms with E-state index in [1.54, 1.807) is 0 Å². The van der Waals surface area contributed by atoms with Gasteiger partial charge in [0.25, 0.3) is 0 Å². The van der Waals surface area contributed by atoms with Crippen LogP contribution in [0.2, 0.25) is 0 Å². The Hall–Kier alpha value is -0.610. The summed E-state index contributed by atoms with van der Waals surface area (Å²) < 4.78 is 0. The number of nitrogens with one attached hydrogen (secondary N) is 1. The van der Waals surface area contributed by atoms with Crippen molar-refractivity contribution in [2.75, 3.05) is 20.6 Å². The Balaban J connectivity index is 2.07. The van der Waals surface area contributed by atoms with Crippen molar-refractivity contribution in [3.05, 3.63) is 0 Å². The minimum absolute atomic E-state index is 0.0416. The standard InChI is InChI=1S/C15H29N3O/c1-5-13-15(19)18(10-11(2)17(3)4)14(16-13)12-8-6-7-9-12/h11-14,16H,5-10H2,1-4H3. The minimum atomic E-state index is 0.0416. The minimum Gasteiger partial charge on any atom is -0.324 e. The topological polar surface area (TPSA) is 35.6 Å². The highest BCUT2D eigenvalue weighted by atomic mass is 16.2. The fourth-order valence-corrected chi connectivity index (χ4v) is 3.31. The van der Waals surface area contributed by atoms with Gasteiger partial charge in [-0.15, -0.1) is 0 Å². The molecule has 1 amide bonds. The van der Waals surface area contributed by atoms with Crippen LogP contribution in [0, 0.1) is 5.92 Å². The van der Waals surface area contributed by atoms with E-state index in [1.807, 2.05) is 0 Å². The van der Waals surface area contributed by atoms with Gasteiger partial charge in [0.1, 0.15) is 0 Å². The summed E-state index contributed by atoms with van der Waals surface area (Å²) in [6.45, 7) is 5.13. The molecule has 4 nitrogen and oxygen atoms in total. The summed E-state index contributed by atoms with van der Waals surface area (Å²) in [6, 6.07) is 0.449. The quantitative estimate of drug-likeness (QED) is 0.823. The number of carbonyl (C=O) groups excluding carboxylic acids is 1. The summed E-state index contributed by atoms with van der Waals surface area (Å²) >= 11 is 0. The lowest BCUT2D eigenvalue weighted by molar-refractivity contribution is -0.131. The van der Waals surface area contributed by atoms with E-state index in [0.717, 1.165) is 13.0 Å². The number of likely N-dealkylation sites (N-methyl/N-ethyl adjacent to an activating group) is 1. The number of hydrogen-bond acceptors (Lipinski definition) is 3. The molecule has 110 valence electrons. The Bertz CT molecular complexity index is 313. The SMILES string of the molecule is CCC1NC(C2CCCC2)N(CC(C)N(C)C)C1=O. The first-order valence-electron chi connectivity index (χ1n) is 7.77. The first kappa shape index (κ1) is 14.8. The van der Waals surface area contributed by atoms with Gasteiger partial charge in [0.2, 0.25) is 5.91 Å². The van der Waals surface area contributed by atoms with Crippen molar-refractivity contribution in [3.8, 4) is 0 Å². The van der Waals surface area contributed by atoms with Gasteiger partial charge in [-0.1, -0.05) is 19.8 Å². The number of carbonyl (C=O) groups is 1. The van der Waals surface area contributed by atoms with Crippen LogP contribution in [0.3, 0.4) is 0 Å². The molecule has 3 unspecified atom stereocenters. The lowest BCUT2D eigenvalue weighted by Crippen LogP contribution is -2.47. The maximum Gasteiger partial charge on any atom is 0.241 e. The van der Waals surface area contributed by atoms with Crippen molar-refractivity contribution in [1.82, 2.24) is 15.1 Å². The molecule has 1 saturated carbocycles. The van der Waals surface area contributed by atoms with Crippen molar-refractivity contribution in [1.29, 1.82) is 0 Å². The van der Waals surface area contributed by atoms with Gasteiger partial charge in [0.15, 0.2) is 0 Å². The van der Waals surface area contributed by atoms with E-state index in [2.05, 4.69) is 43.1 Å². The maximum absolute atomic E-state index is 12.5. The zero-order valence-corrected chi connectivity index (χ0v) is 12.9. The molecule has 0 aromatic carbocycles. The van der Waals surface area contributed by atoms with Crippen LogP contribution < -0.4 is 5.32 Å². The molecule has 4 heteroatoms. The summed E-state index contributed by atoms with van der Waals surface area (Å²) in [7, 11) is 4.17. The molecule has 2 rings (SSSR count). The Morgan fingerprint density at radius 2 is 2.00 bits per heavy atom. The van der Waals surface area contributed by atoms with E-state index < -0.39 is 0 Å². The van der Waals surface area contributed by atoms with E-state index in [4.69, 9.17) is 0 Å². The second-order valence-corrected chi connectivity index (χ2v) is 6.42. The molecule has 2 aliphatic rings. The molecule has 19 heavy (non-hydrogen) atoms. The number of amides is 1. The molecule has 0 aromatic heterocycles. The average Bonchev–Trinajstić information content (AvgIpc) is 2.99. The molecule has 1 aliphatic heterocycles. The summed E-state index contributed by atoms with van der Waals surface area (Å²) in [4.78, 5) is 16.8. The molecule has 1 saturated heterocycles. The smallest absolute Gasteiger partial charge is 0.241 e. The Morgan fingerprint density at radius 3 is 2.53 bits per heavy atom. The van der Waals surface area contributed by atoms with E-state index in [-0.39, 0.29) is 12.2 Å². The fourth-order valence-electron chi connectivity index (χ4n) is 3.31. The molecule has 0 aromatic rings. The van der Waals surface area contributed by atoms with Gasteiger partial charge < -0.3 is 9.80 Å². The molecular weight excluding hydrogens is 238 g/mol. The van der Waals surface area contributed by atoms with Crippen molar-refractivity contribution >= 4 is 5.91 Å². The lowest BCUT2D eigenvalue weighted by Gasteiger charge is -2.33. The highest BCUT2D eigenvalue weighted by molar-refractivity contribution is 5.84. The maximum atomic E-state index is 12.5. The highest BCUT2D eigenvalue weighted by Gasteiger charge is 2.42. The predicted molar refractivity (Wildman–Crippen MR) is 77.8 cm³/mol. The van der Waals surface area contributed by atoms with Gasteiger partial charge in [-0.3, -0.25) is 10.1 Å². The lowest BCUT2D eigenvalue weighted by atomic mass is 10.0. The molecular formula is C15H29N3O. The molecule has 0 radical (unpaired) electrons. The van der Waals surface area contributed by atoms with Gasteiger partial charge in [0.05, 0.1) is 12.2 Å². The van der Waals surface area contributed by atoms with E-state index >= 15 is 0 Å². The first-order chi connectivity index (χ1) is 9.04. The second-order valence-electron chi connectivity index (χ2n) is 6.42. The third-order valence-electron chi connectivity index (χ3n) is 4.89. The van der Waals surface area contributed by atoms with Crippen molar-refractivity contribution in [2.24, 2.45) is 5.92 Å². The van der Waals surface area contributed by atoms with Crippen LogP contribution in [0.5, 0.6) is 0 Å². The van der Waals surface area contributed by atoms with E-state index in [0.29, 0.717) is 17.9 Å². The number of rotatable bonds is 5. The number of hydrogen-bond donors (Lipinski definition) is 1. The molecule has 2 fully saturated rings. The molecule has 1 aliphatic carbocycles. The molecule has 1 heterocycles. The molecule has 1 N–H and O–H groups in total. The van der Waals surface area contributed by atoms with Gasteiger partial charge in [-0.05, 0) is 46.2 Å². The number of nitrogens with zero attached hydrogens (tertiary/aromatic N) is 2. The fraction of sp³-hybridized carbons (Fsp3) is 0.933. The molecule has 3 atom stereocenters. The summed E-state index contributed by atoms with van der Waals surface area (Å²) in [5.41, 5.74) is 0. The summed E-state index contributed by atoms with van der Waals surface area (Å²) in [5.74, 6) is 0.975. The zero-order chi connectivity index (χ0) is 14.0. The van der Waals surface area contributed by atoms with Crippen LogP contribution >= 0.6 is 0 Å². The second kappa shape index (κ2) is 6.23. The highest BCUT2D eigenvalue weighted by Crippen LogP contribution is 2.32. The van der Waals surface area contributed by atoms with Gasteiger partial charge in [0, 0.05) is 12.6 Å². The zero-order valence-electron chi connectivity index (χ0n) is 12.9. The molecule has 0 bridgehead atoms. The Morgan fingerprint density at radius 1 is 1.37 bits per heavy atom. The average molecular weight is 267 g/mol. The summed E-state index contributed by atoms with van der Waals surface area (Å²) in [6.07, 6.45) is 6.37. The van der Waals surface area contributed by atoms with Crippen LogP contribution in [-0.2, 0) is 4.79 Å². The van der Waals surface area contributed by atoms with Gasteiger partial charge >= 0.3 is 0 Å². The Labute approximate surface area is 117 Å². The first-order valence-corrected chi connectivity index (χ1v) is 7.77. The third kappa shape index (κ3) is 3.11. The monoisotopic (exact) mass is 267 g/mol. The predicted octanol–water partition coefficient (Wildman–Crippen LogP) is 1.66. The van der Waals surface area contributed by atoms with Crippen LogP contribution in [0.1, 0.15) is 46.0 Å². The van der Waals surface area contributed by atoms with E-state index in [1.165, 1.54) is 25.7 Å².